The van der Waals surface area contributed by atoms with E-state index in [1.807, 2.05) is 0 Å². The summed E-state index contributed by atoms with van der Waals surface area (Å²) in [4.78, 5) is 3.77. The molecule has 0 saturated heterocycles. The van der Waals surface area contributed by atoms with Crippen LogP contribution in [-0.4, -0.2) is 38.3 Å². The van der Waals surface area contributed by atoms with Crippen LogP contribution in [0.5, 0.6) is 5.75 Å². The summed E-state index contributed by atoms with van der Waals surface area (Å²) < 4.78 is 81.7. The average Bonchev–Trinajstić information content (AvgIpc) is 3.32. The molecule has 1 N–H and O–H groups in total. The van der Waals surface area contributed by atoms with Crippen molar-refractivity contribution in [3.63, 3.8) is 0 Å². The van der Waals surface area contributed by atoms with Crippen LogP contribution in [0.3, 0.4) is 0 Å². The Labute approximate surface area is 159 Å². The number of ether oxygens (including phenoxy) is 1. The molecule has 154 valence electrons. The van der Waals surface area contributed by atoms with Crippen molar-refractivity contribution in [1.82, 2.24) is 14.8 Å². The van der Waals surface area contributed by atoms with Crippen molar-refractivity contribution in [2.45, 2.75) is 43.4 Å². The van der Waals surface area contributed by atoms with Gasteiger partial charge in [-0.15, -0.1) is 0 Å². The van der Waals surface area contributed by atoms with E-state index in [1.54, 1.807) is 0 Å². The highest BCUT2D eigenvalue weighted by Crippen LogP contribution is 2.49. The third-order valence-electron chi connectivity index (χ3n) is 4.37. The molecule has 1 aromatic heterocycles. The van der Waals surface area contributed by atoms with E-state index in [-0.39, 0.29) is 23.0 Å². The summed E-state index contributed by atoms with van der Waals surface area (Å²) in [6.07, 6.45) is -11.4. The van der Waals surface area contributed by atoms with Gasteiger partial charge in [-0.1, -0.05) is 17.7 Å². The molecule has 0 bridgehead atoms. The normalized spacial score (nSPS) is 18.6. The van der Waals surface area contributed by atoms with E-state index < -0.39 is 29.8 Å². The van der Waals surface area contributed by atoms with Gasteiger partial charge in [0.15, 0.2) is 0 Å². The fourth-order valence-corrected chi connectivity index (χ4v) is 3.20. The molecule has 0 amide bonds. The van der Waals surface area contributed by atoms with Crippen LogP contribution in [0.2, 0.25) is 5.02 Å². The summed E-state index contributed by atoms with van der Waals surface area (Å²) in [6.45, 7) is -0.0195. The van der Waals surface area contributed by atoms with E-state index in [1.165, 1.54) is 17.3 Å². The first-order valence-electron chi connectivity index (χ1n) is 8.06. The highest BCUT2D eigenvalue weighted by Gasteiger charge is 2.59. The lowest BCUT2D eigenvalue weighted by Crippen LogP contribution is -2.45. The number of hydrogen-bond acceptors (Lipinski definition) is 4. The lowest BCUT2D eigenvalue weighted by atomic mass is 9.88. The molecule has 2 unspecified atom stereocenters. The number of aliphatic hydroxyl groups is 1. The molecule has 5 nitrogen and oxygen atoms in total. The Morgan fingerprint density at radius 1 is 1.25 bits per heavy atom. The molecular weight excluding hydrogens is 416 g/mol. The lowest BCUT2D eigenvalue weighted by Gasteiger charge is -2.30. The minimum Gasteiger partial charge on any atom is -0.430 e. The first kappa shape index (κ1) is 20.7. The van der Waals surface area contributed by atoms with Gasteiger partial charge in [-0.25, -0.2) is 14.1 Å². The average molecular weight is 430 g/mol. The van der Waals surface area contributed by atoms with Gasteiger partial charge < -0.3 is 9.84 Å². The number of rotatable bonds is 7. The zero-order valence-corrected chi connectivity index (χ0v) is 14.8. The number of hydrogen-bond donors (Lipinski definition) is 1. The molecule has 1 aliphatic carbocycles. The summed E-state index contributed by atoms with van der Waals surface area (Å²) >= 11 is 6.08. The van der Waals surface area contributed by atoms with Gasteiger partial charge >= 0.3 is 12.3 Å². The standard InChI is InChI=1S/C16H14ClF6N3O2/c17-12-5-10(28-16(22,23)13(18)15(19,20)21)3-4-11(12)14(27,9-1-2-9)6-26-8-24-7-25-26/h3-5,7-9,13,27H,1-2,6H2. The van der Waals surface area contributed by atoms with Gasteiger partial charge in [-0.3, -0.25) is 0 Å². The smallest absolute Gasteiger partial charge is 0.430 e. The molecule has 1 aliphatic rings. The number of aromatic nitrogens is 3. The number of halogens is 7. The van der Waals surface area contributed by atoms with E-state index in [0.717, 1.165) is 18.2 Å². The van der Waals surface area contributed by atoms with Gasteiger partial charge in [0, 0.05) is 5.56 Å². The van der Waals surface area contributed by atoms with Gasteiger partial charge in [0.1, 0.15) is 24.0 Å². The Morgan fingerprint density at radius 2 is 1.93 bits per heavy atom. The van der Waals surface area contributed by atoms with Crippen molar-refractivity contribution in [1.29, 1.82) is 0 Å². The molecule has 12 heteroatoms. The fourth-order valence-electron chi connectivity index (χ4n) is 2.87. The molecule has 0 spiro atoms. The van der Waals surface area contributed by atoms with Crippen molar-refractivity contribution >= 4 is 11.6 Å². The third kappa shape index (κ3) is 4.19. The van der Waals surface area contributed by atoms with E-state index in [4.69, 9.17) is 11.6 Å². The molecule has 2 atom stereocenters. The molecule has 1 fully saturated rings. The summed E-state index contributed by atoms with van der Waals surface area (Å²) in [5.74, 6) is -0.951. The number of nitrogens with zero attached hydrogens (tertiary/aromatic N) is 3. The number of benzene rings is 1. The van der Waals surface area contributed by atoms with Crippen LogP contribution in [-0.2, 0) is 12.1 Å². The predicted octanol–water partition coefficient (Wildman–Crippen LogP) is 4.10. The Morgan fingerprint density at radius 3 is 2.43 bits per heavy atom. The van der Waals surface area contributed by atoms with Crippen molar-refractivity contribution in [3.8, 4) is 5.75 Å². The first-order valence-corrected chi connectivity index (χ1v) is 8.44. The zero-order chi connectivity index (χ0) is 20.7. The minimum atomic E-state index is -5.79. The topological polar surface area (TPSA) is 60.2 Å². The second-order valence-corrected chi connectivity index (χ2v) is 6.91. The Hall–Kier alpha value is -2.01. The SMILES string of the molecule is OC(Cn1cncn1)(c1ccc(OC(F)(F)C(F)C(F)(F)F)cc1Cl)C1CC1. The molecule has 1 saturated carbocycles. The van der Waals surface area contributed by atoms with Crippen LogP contribution < -0.4 is 4.74 Å². The van der Waals surface area contributed by atoms with Crippen LogP contribution in [0.1, 0.15) is 18.4 Å². The van der Waals surface area contributed by atoms with Crippen molar-refractivity contribution in [3.05, 3.63) is 41.4 Å². The molecule has 2 aromatic rings. The largest absolute Gasteiger partial charge is 0.439 e. The first-order chi connectivity index (χ1) is 12.9. The van der Waals surface area contributed by atoms with Crippen molar-refractivity contribution < 1.29 is 36.2 Å². The quantitative estimate of drug-likeness (QED) is 0.673. The van der Waals surface area contributed by atoms with E-state index in [2.05, 4.69) is 14.8 Å². The summed E-state index contributed by atoms with van der Waals surface area (Å²) in [7, 11) is 0. The molecular formula is C16H14ClF6N3O2. The van der Waals surface area contributed by atoms with Crippen LogP contribution in [0, 0.1) is 5.92 Å². The third-order valence-corrected chi connectivity index (χ3v) is 4.68. The van der Waals surface area contributed by atoms with Gasteiger partial charge in [0.05, 0.1) is 11.6 Å². The van der Waals surface area contributed by atoms with Crippen molar-refractivity contribution in [2.75, 3.05) is 0 Å². The van der Waals surface area contributed by atoms with Crippen LogP contribution in [0.25, 0.3) is 0 Å². The highest BCUT2D eigenvalue weighted by atomic mass is 35.5. The maximum absolute atomic E-state index is 13.4. The summed E-state index contributed by atoms with van der Waals surface area (Å²) in [6, 6.07) is 2.86. The van der Waals surface area contributed by atoms with Crippen molar-refractivity contribution in [2.24, 2.45) is 5.92 Å². The maximum Gasteiger partial charge on any atom is 0.439 e. The van der Waals surface area contributed by atoms with Gasteiger partial charge in [-0.05, 0) is 30.9 Å². The van der Waals surface area contributed by atoms with Gasteiger partial charge in [0.2, 0.25) is 0 Å². The summed E-state index contributed by atoms with van der Waals surface area (Å²) in [5.41, 5.74) is -1.34. The zero-order valence-electron chi connectivity index (χ0n) is 14.0. The molecule has 0 radical (unpaired) electrons. The van der Waals surface area contributed by atoms with Gasteiger partial charge in [-0.2, -0.15) is 27.1 Å². The Balaban J connectivity index is 1.85. The van der Waals surface area contributed by atoms with Crippen LogP contribution >= 0.6 is 11.6 Å². The van der Waals surface area contributed by atoms with E-state index in [9.17, 15) is 31.4 Å². The predicted molar refractivity (Wildman–Crippen MR) is 84.6 cm³/mol. The number of alkyl halides is 6. The second kappa shape index (κ2) is 7.11. The molecule has 28 heavy (non-hydrogen) atoms. The molecule has 1 heterocycles. The maximum atomic E-state index is 13.4. The molecule has 0 aliphatic heterocycles. The van der Waals surface area contributed by atoms with Gasteiger partial charge in [0.25, 0.3) is 6.17 Å². The lowest BCUT2D eigenvalue weighted by molar-refractivity contribution is -0.304. The second-order valence-electron chi connectivity index (χ2n) is 6.50. The van der Waals surface area contributed by atoms with Crippen LogP contribution in [0.4, 0.5) is 26.3 Å². The fraction of sp³-hybridized carbons (Fsp3) is 0.500. The monoisotopic (exact) mass is 429 g/mol. The Bertz CT molecular complexity index is 828. The molecule has 3 rings (SSSR count). The van der Waals surface area contributed by atoms with E-state index in [0.29, 0.717) is 12.8 Å². The van der Waals surface area contributed by atoms with Crippen LogP contribution in [0.15, 0.2) is 30.9 Å². The highest BCUT2D eigenvalue weighted by molar-refractivity contribution is 6.31. The summed E-state index contributed by atoms with van der Waals surface area (Å²) in [5, 5.41) is 14.8. The molecule has 1 aromatic carbocycles. The van der Waals surface area contributed by atoms with E-state index >= 15 is 0 Å². The Kier molecular flexibility index (Phi) is 5.26. The minimum absolute atomic E-state index is 0.0195.